The van der Waals surface area contributed by atoms with Crippen LogP contribution in [0.3, 0.4) is 0 Å². The van der Waals surface area contributed by atoms with Crippen LogP contribution in [0.1, 0.15) is 44.6 Å². The highest BCUT2D eigenvalue weighted by Crippen LogP contribution is 2.48. The van der Waals surface area contributed by atoms with Gasteiger partial charge in [0.05, 0.1) is 28.0 Å². The van der Waals surface area contributed by atoms with Crippen molar-refractivity contribution in [3.05, 3.63) is 36.2 Å². The van der Waals surface area contributed by atoms with Crippen LogP contribution in [0.4, 0.5) is 18.0 Å². The van der Waals surface area contributed by atoms with E-state index in [1.165, 1.54) is 23.1 Å². The Hall–Kier alpha value is -3.60. The summed E-state index contributed by atoms with van der Waals surface area (Å²) in [5, 5.41) is 14.2. The van der Waals surface area contributed by atoms with E-state index < -0.39 is 73.9 Å². The quantitative estimate of drug-likeness (QED) is 0.567. The molecule has 2 heterocycles. The highest BCUT2D eigenvalue weighted by Gasteiger charge is 2.54. The Morgan fingerprint density at radius 2 is 1.90 bits per heavy atom. The smallest absolute Gasteiger partial charge is 0.417 e. The zero-order valence-electron chi connectivity index (χ0n) is 21.2. The number of nitrogens with one attached hydrogen (secondary N) is 1. The molecule has 14 heteroatoms. The number of aromatic nitrogens is 2. The van der Waals surface area contributed by atoms with Gasteiger partial charge in [0.15, 0.2) is 16.1 Å². The predicted molar refractivity (Wildman–Crippen MR) is 129 cm³/mol. The lowest BCUT2D eigenvalue weighted by Crippen LogP contribution is -2.45. The molecule has 0 spiro atoms. The zero-order valence-corrected chi connectivity index (χ0v) is 22.0. The van der Waals surface area contributed by atoms with Gasteiger partial charge >= 0.3 is 12.3 Å². The summed E-state index contributed by atoms with van der Waals surface area (Å²) >= 11 is 0. The van der Waals surface area contributed by atoms with Crippen LogP contribution in [0.25, 0.3) is 11.1 Å². The van der Waals surface area contributed by atoms with E-state index in [4.69, 9.17) is 4.74 Å². The van der Waals surface area contributed by atoms with Crippen molar-refractivity contribution in [1.82, 2.24) is 20.0 Å². The fourth-order valence-electron chi connectivity index (χ4n) is 4.73. The highest BCUT2D eigenvalue weighted by molar-refractivity contribution is 7.92. The third-order valence-corrected chi connectivity index (χ3v) is 9.79. The molecule has 1 aliphatic heterocycles. The Balaban J connectivity index is 1.46. The molecule has 2 atom stereocenters. The first-order valence-corrected chi connectivity index (χ1v) is 13.9. The van der Waals surface area contributed by atoms with Gasteiger partial charge in [0.25, 0.3) is 0 Å². The van der Waals surface area contributed by atoms with Crippen LogP contribution in [0.2, 0.25) is 0 Å². The van der Waals surface area contributed by atoms with Gasteiger partial charge in [-0.05, 0) is 43.4 Å². The highest BCUT2D eigenvalue weighted by atomic mass is 32.2. The number of alkyl carbamates (subject to hydrolysis) is 1. The van der Waals surface area contributed by atoms with Crippen LogP contribution in [0.15, 0.2) is 35.5 Å². The first-order valence-electron chi connectivity index (χ1n) is 12.3. The summed E-state index contributed by atoms with van der Waals surface area (Å²) in [6.07, 6.45) is -2.84. The van der Waals surface area contributed by atoms with Crippen LogP contribution < -0.4 is 5.32 Å². The molecule has 1 aromatic heterocycles. The molecule has 10 nitrogen and oxygen atoms in total. The fraction of sp³-hybridized carbons (Fsp3) is 0.520. The molecule has 0 bridgehead atoms. The number of alkyl halides is 3. The van der Waals surface area contributed by atoms with Crippen molar-refractivity contribution in [2.24, 2.45) is 12.5 Å². The lowest BCUT2D eigenvalue weighted by Gasteiger charge is -2.27. The topological polar surface area (TPSA) is 134 Å². The minimum atomic E-state index is -4.98. The van der Waals surface area contributed by atoms with Crippen molar-refractivity contribution in [1.29, 1.82) is 5.26 Å². The molecule has 2 aromatic rings. The SMILES string of the molecule is Cn1cc(-c2ccc(S(=O)(=O)[C@@H]3C[C@H](OC(=O)NC4(C#N)CC4)N(C(=O)C4(C)CC4)C3)c(C(F)(F)F)c2)cn1. The summed E-state index contributed by atoms with van der Waals surface area (Å²) in [5.74, 6) is -0.428. The molecule has 1 aromatic carbocycles. The maximum absolute atomic E-state index is 14.1. The number of sulfone groups is 1. The van der Waals surface area contributed by atoms with Crippen molar-refractivity contribution in [2.45, 2.75) is 67.1 Å². The maximum atomic E-state index is 14.1. The van der Waals surface area contributed by atoms with E-state index in [0.717, 1.165) is 17.0 Å². The van der Waals surface area contributed by atoms with Gasteiger partial charge in [-0.3, -0.25) is 9.48 Å². The monoisotopic (exact) mass is 565 g/mol. The second-order valence-corrected chi connectivity index (χ2v) is 12.9. The second kappa shape index (κ2) is 8.97. The van der Waals surface area contributed by atoms with Gasteiger partial charge in [0, 0.05) is 37.2 Å². The van der Waals surface area contributed by atoms with E-state index in [1.807, 2.05) is 6.07 Å². The van der Waals surface area contributed by atoms with Crippen molar-refractivity contribution >= 4 is 21.8 Å². The van der Waals surface area contributed by atoms with Crippen LogP contribution in [-0.4, -0.2) is 58.7 Å². The van der Waals surface area contributed by atoms with E-state index in [0.29, 0.717) is 31.2 Å². The van der Waals surface area contributed by atoms with Crippen molar-refractivity contribution < 1.29 is 35.9 Å². The van der Waals surface area contributed by atoms with Crippen LogP contribution in [0, 0.1) is 16.7 Å². The number of carbonyl (C=O) groups excluding carboxylic acids is 2. The third kappa shape index (κ3) is 5.07. The number of nitriles is 1. The number of amides is 2. The second-order valence-electron chi connectivity index (χ2n) is 10.7. The number of halogens is 3. The molecule has 2 aliphatic carbocycles. The van der Waals surface area contributed by atoms with Gasteiger partial charge < -0.3 is 15.0 Å². The molecule has 39 heavy (non-hydrogen) atoms. The minimum Gasteiger partial charge on any atom is -0.425 e. The van der Waals surface area contributed by atoms with E-state index in [-0.39, 0.29) is 5.56 Å². The largest absolute Gasteiger partial charge is 0.425 e. The fourth-order valence-corrected chi connectivity index (χ4v) is 6.60. The number of hydrogen-bond acceptors (Lipinski definition) is 7. The molecule has 0 radical (unpaired) electrons. The van der Waals surface area contributed by atoms with E-state index in [2.05, 4.69) is 10.4 Å². The van der Waals surface area contributed by atoms with Gasteiger partial charge in [0.1, 0.15) is 5.54 Å². The normalized spacial score (nSPS) is 23.1. The molecule has 1 N–H and O–H groups in total. The Morgan fingerprint density at radius 1 is 1.21 bits per heavy atom. The Kier molecular flexibility index (Phi) is 6.21. The molecular weight excluding hydrogens is 539 g/mol. The molecule has 0 unspecified atom stereocenters. The average molecular weight is 566 g/mol. The number of rotatable bonds is 6. The number of likely N-dealkylation sites (tertiary alicyclic amines) is 1. The van der Waals surface area contributed by atoms with Crippen LogP contribution in [0.5, 0.6) is 0 Å². The Morgan fingerprint density at radius 3 is 2.44 bits per heavy atom. The number of carbonyl (C=O) groups is 2. The number of aryl methyl sites for hydroxylation is 1. The molecule has 208 valence electrons. The van der Waals surface area contributed by atoms with E-state index in [1.54, 1.807) is 14.0 Å². The lowest BCUT2D eigenvalue weighted by molar-refractivity contribution is -0.143. The molecule has 5 rings (SSSR count). The first kappa shape index (κ1) is 27.0. The van der Waals surface area contributed by atoms with E-state index in [9.17, 15) is 36.4 Å². The lowest BCUT2D eigenvalue weighted by atomic mass is 10.1. The average Bonchev–Trinajstić information content (AvgIpc) is 3.72. The molecule has 1 saturated heterocycles. The van der Waals surface area contributed by atoms with Gasteiger partial charge in [-0.15, -0.1) is 0 Å². The standard InChI is InChI=1S/C25H26F3N5O5S/c1-23(5-6-23)21(34)33-13-17(10-20(33)38-22(35)31-24(14-29)7-8-24)39(36,37)19-4-3-15(9-18(19)25(26,27)28)16-11-30-32(2)12-16/h3-4,9,11-12,17,20H,5-8,10,13H2,1-2H3,(H,31,35)/t17-,20+/m1/s1. The molecular formula is C25H26F3N5O5S. The number of nitrogens with zero attached hydrogens (tertiary/aromatic N) is 4. The Labute approximate surface area is 222 Å². The van der Waals surface area contributed by atoms with Gasteiger partial charge in [0.2, 0.25) is 5.91 Å². The predicted octanol–water partition coefficient (Wildman–Crippen LogP) is 3.39. The van der Waals surface area contributed by atoms with Gasteiger partial charge in [-0.2, -0.15) is 23.5 Å². The number of hydrogen-bond donors (Lipinski definition) is 1. The summed E-state index contributed by atoms with van der Waals surface area (Å²) in [6.45, 7) is 1.27. The molecule has 2 saturated carbocycles. The number of ether oxygens (including phenoxy) is 1. The summed E-state index contributed by atoms with van der Waals surface area (Å²) in [5.41, 5.74) is -2.61. The number of benzene rings is 1. The summed E-state index contributed by atoms with van der Waals surface area (Å²) < 4.78 is 76.5. The maximum Gasteiger partial charge on any atom is 0.417 e. The van der Waals surface area contributed by atoms with Crippen molar-refractivity contribution in [2.75, 3.05) is 6.54 Å². The zero-order chi connectivity index (χ0) is 28.4. The van der Waals surface area contributed by atoms with Crippen LogP contribution in [-0.2, 0) is 32.6 Å². The van der Waals surface area contributed by atoms with Crippen LogP contribution >= 0.6 is 0 Å². The molecule has 3 fully saturated rings. The first-order chi connectivity index (χ1) is 18.2. The van der Waals surface area contributed by atoms with Crippen molar-refractivity contribution in [3.63, 3.8) is 0 Å². The van der Waals surface area contributed by atoms with Gasteiger partial charge in [-0.1, -0.05) is 13.0 Å². The minimum absolute atomic E-state index is 0.142. The summed E-state index contributed by atoms with van der Waals surface area (Å²) in [7, 11) is -3.03. The molecule has 3 aliphatic rings. The summed E-state index contributed by atoms with van der Waals surface area (Å²) in [4.78, 5) is 25.9. The summed E-state index contributed by atoms with van der Waals surface area (Å²) in [6, 6.07) is 4.93. The third-order valence-electron chi connectivity index (χ3n) is 7.61. The van der Waals surface area contributed by atoms with Gasteiger partial charge in [-0.25, -0.2) is 13.2 Å². The molecule has 2 amide bonds. The van der Waals surface area contributed by atoms with E-state index >= 15 is 0 Å². The van der Waals surface area contributed by atoms with Crippen molar-refractivity contribution in [3.8, 4) is 17.2 Å². The Bertz CT molecular complexity index is 1490.